The number of amides is 1. The van der Waals surface area contributed by atoms with Crippen molar-refractivity contribution in [2.75, 3.05) is 31.4 Å². The number of methoxy groups -OCH3 is 1. The van der Waals surface area contributed by atoms with E-state index in [0.29, 0.717) is 30.3 Å². The molecule has 0 saturated carbocycles. The molecule has 5 heteroatoms. The van der Waals surface area contributed by atoms with E-state index in [1.54, 1.807) is 25.3 Å². The Kier molecular flexibility index (Phi) is 4.60. The lowest BCUT2D eigenvalue weighted by atomic mass is 10.2. The molecule has 0 aromatic heterocycles. The van der Waals surface area contributed by atoms with Gasteiger partial charge in [0.15, 0.2) is 5.75 Å². The summed E-state index contributed by atoms with van der Waals surface area (Å²) in [7, 11) is 1.59. The Morgan fingerprint density at radius 1 is 1.44 bits per heavy atom. The number of hydrogen-bond acceptors (Lipinski definition) is 4. The Balaban J connectivity index is 2.81. The summed E-state index contributed by atoms with van der Waals surface area (Å²) in [5.41, 5.74) is 6.82. The van der Waals surface area contributed by atoms with Crippen molar-refractivity contribution < 1.29 is 14.3 Å². The predicted molar refractivity (Wildman–Crippen MR) is 62.5 cm³/mol. The lowest BCUT2D eigenvalue weighted by Crippen LogP contribution is -2.11. The van der Waals surface area contributed by atoms with Crippen molar-refractivity contribution in [3.63, 3.8) is 0 Å². The van der Waals surface area contributed by atoms with E-state index in [1.807, 2.05) is 0 Å². The fourth-order valence-electron chi connectivity index (χ4n) is 1.23. The molecule has 0 unspecified atom stereocenters. The molecule has 1 aromatic rings. The molecule has 0 atom stereocenters. The van der Waals surface area contributed by atoms with Gasteiger partial charge in [0, 0.05) is 14.0 Å². The van der Waals surface area contributed by atoms with Gasteiger partial charge in [0.2, 0.25) is 5.91 Å². The molecule has 1 amide bonds. The van der Waals surface area contributed by atoms with E-state index < -0.39 is 0 Å². The van der Waals surface area contributed by atoms with E-state index in [9.17, 15) is 4.79 Å². The Hall–Kier alpha value is -1.75. The van der Waals surface area contributed by atoms with Crippen molar-refractivity contribution in [3.8, 4) is 5.75 Å². The van der Waals surface area contributed by atoms with Crippen molar-refractivity contribution in [2.45, 2.75) is 6.92 Å². The van der Waals surface area contributed by atoms with Crippen LogP contribution < -0.4 is 15.8 Å². The molecule has 0 aliphatic rings. The summed E-state index contributed by atoms with van der Waals surface area (Å²) in [6.45, 7) is 2.28. The first kappa shape index (κ1) is 12.3. The maximum absolute atomic E-state index is 11.0. The third-order valence-electron chi connectivity index (χ3n) is 1.89. The Labute approximate surface area is 94.5 Å². The highest BCUT2D eigenvalue weighted by atomic mass is 16.5. The van der Waals surface area contributed by atoms with Gasteiger partial charge in [-0.1, -0.05) is 6.07 Å². The fourth-order valence-corrected chi connectivity index (χ4v) is 1.23. The lowest BCUT2D eigenvalue weighted by Gasteiger charge is -2.13. The van der Waals surface area contributed by atoms with Gasteiger partial charge in [0.25, 0.3) is 0 Å². The highest BCUT2D eigenvalue weighted by Crippen LogP contribution is 2.30. The zero-order chi connectivity index (χ0) is 12.0. The number of para-hydroxylation sites is 1. The van der Waals surface area contributed by atoms with Gasteiger partial charge in [0.1, 0.15) is 6.61 Å². The quantitative estimate of drug-likeness (QED) is 0.583. The first-order valence-corrected chi connectivity index (χ1v) is 4.93. The van der Waals surface area contributed by atoms with Crippen LogP contribution >= 0.6 is 0 Å². The van der Waals surface area contributed by atoms with Crippen LogP contribution in [0.4, 0.5) is 11.4 Å². The van der Waals surface area contributed by atoms with Gasteiger partial charge in [-0.25, -0.2) is 0 Å². The molecule has 88 valence electrons. The number of rotatable bonds is 5. The molecule has 1 aromatic carbocycles. The number of nitrogen functional groups attached to an aromatic ring is 1. The summed E-state index contributed by atoms with van der Waals surface area (Å²) in [5, 5.41) is 2.66. The third kappa shape index (κ3) is 3.43. The maximum Gasteiger partial charge on any atom is 0.221 e. The SMILES string of the molecule is COCCOc1c(N)cccc1NC(C)=O. The molecular formula is C11H16N2O3. The number of nitrogens with two attached hydrogens (primary N) is 1. The summed E-state index contributed by atoms with van der Waals surface area (Å²) in [4.78, 5) is 11.0. The first-order valence-electron chi connectivity index (χ1n) is 4.93. The van der Waals surface area contributed by atoms with Crippen molar-refractivity contribution in [2.24, 2.45) is 0 Å². The van der Waals surface area contributed by atoms with Crippen LogP contribution in [-0.2, 0) is 9.53 Å². The van der Waals surface area contributed by atoms with E-state index in [0.717, 1.165) is 0 Å². The van der Waals surface area contributed by atoms with Crippen molar-refractivity contribution in [1.82, 2.24) is 0 Å². The van der Waals surface area contributed by atoms with Crippen LogP contribution in [0, 0.1) is 0 Å². The van der Waals surface area contributed by atoms with Crippen LogP contribution in [0.3, 0.4) is 0 Å². The number of hydrogen-bond donors (Lipinski definition) is 2. The second-order valence-corrected chi connectivity index (χ2v) is 3.25. The minimum absolute atomic E-state index is 0.165. The molecular weight excluding hydrogens is 208 g/mol. The van der Waals surface area contributed by atoms with Gasteiger partial charge in [-0.05, 0) is 12.1 Å². The molecule has 0 bridgehead atoms. The minimum Gasteiger partial charge on any atom is -0.487 e. The van der Waals surface area contributed by atoms with Crippen LogP contribution in [0.5, 0.6) is 5.75 Å². The largest absolute Gasteiger partial charge is 0.487 e. The van der Waals surface area contributed by atoms with Crippen LogP contribution in [-0.4, -0.2) is 26.2 Å². The van der Waals surface area contributed by atoms with Gasteiger partial charge in [-0.3, -0.25) is 4.79 Å². The number of nitrogens with one attached hydrogen (secondary N) is 1. The van der Waals surface area contributed by atoms with E-state index >= 15 is 0 Å². The highest BCUT2D eigenvalue weighted by Gasteiger charge is 2.08. The second-order valence-electron chi connectivity index (χ2n) is 3.25. The van der Waals surface area contributed by atoms with E-state index in [2.05, 4.69) is 5.32 Å². The summed E-state index contributed by atoms with van der Waals surface area (Å²) < 4.78 is 10.3. The molecule has 0 saturated heterocycles. The van der Waals surface area contributed by atoms with Crippen molar-refractivity contribution in [3.05, 3.63) is 18.2 Å². The molecule has 0 fully saturated rings. The first-order chi connectivity index (χ1) is 7.65. The molecule has 5 nitrogen and oxygen atoms in total. The van der Waals surface area contributed by atoms with Gasteiger partial charge in [-0.2, -0.15) is 0 Å². The summed E-state index contributed by atoms with van der Waals surface area (Å²) in [6, 6.07) is 5.21. The Morgan fingerprint density at radius 2 is 2.19 bits per heavy atom. The normalized spacial score (nSPS) is 9.88. The van der Waals surface area contributed by atoms with Crippen LogP contribution in [0.2, 0.25) is 0 Å². The number of carbonyl (C=O) groups excluding carboxylic acids is 1. The highest BCUT2D eigenvalue weighted by molar-refractivity contribution is 5.91. The Bertz CT molecular complexity index is 366. The van der Waals surface area contributed by atoms with Crippen molar-refractivity contribution in [1.29, 1.82) is 0 Å². The molecule has 16 heavy (non-hydrogen) atoms. The van der Waals surface area contributed by atoms with Gasteiger partial charge >= 0.3 is 0 Å². The summed E-state index contributed by atoms with van der Waals surface area (Å²) in [5.74, 6) is 0.317. The minimum atomic E-state index is -0.165. The molecule has 0 radical (unpaired) electrons. The summed E-state index contributed by atoms with van der Waals surface area (Å²) in [6.07, 6.45) is 0. The predicted octanol–water partition coefficient (Wildman–Crippen LogP) is 1.25. The monoisotopic (exact) mass is 224 g/mol. The smallest absolute Gasteiger partial charge is 0.221 e. The van der Waals surface area contributed by atoms with Crippen LogP contribution in [0.25, 0.3) is 0 Å². The molecule has 3 N–H and O–H groups in total. The number of ether oxygens (including phenoxy) is 2. The number of benzene rings is 1. The third-order valence-corrected chi connectivity index (χ3v) is 1.89. The fraction of sp³-hybridized carbons (Fsp3) is 0.364. The molecule has 1 rings (SSSR count). The zero-order valence-corrected chi connectivity index (χ0v) is 9.45. The van der Waals surface area contributed by atoms with E-state index in [4.69, 9.17) is 15.2 Å². The molecule has 0 spiro atoms. The number of anilines is 2. The second kappa shape index (κ2) is 5.97. The average molecular weight is 224 g/mol. The lowest BCUT2D eigenvalue weighted by molar-refractivity contribution is -0.114. The van der Waals surface area contributed by atoms with Gasteiger partial charge in [0.05, 0.1) is 18.0 Å². The van der Waals surface area contributed by atoms with E-state index in [1.165, 1.54) is 6.92 Å². The molecule has 0 aliphatic carbocycles. The van der Waals surface area contributed by atoms with Gasteiger partial charge in [-0.15, -0.1) is 0 Å². The van der Waals surface area contributed by atoms with Crippen molar-refractivity contribution >= 4 is 17.3 Å². The topological polar surface area (TPSA) is 73.6 Å². The average Bonchev–Trinajstić information content (AvgIpc) is 2.21. The summed E-state index contributed by atoms with van der Waals surface area (Å²) >= 11 is 0. The van der Waals surface area contributed by atoms with Crippen LogP contribution in [0.1, 0.15) is 6.92 Å². The zero-order valence-electron chi connectivity index (χ0n) is 9.45. The molecule has 0 heterocycles. The number of carbonyl (C=O) groups is 1. The van der Waals surface area contributed by atoms with Crippen LogP contribution in [0.15, 0.2) is 18.2 Å². The maximum atomic E-state index is 11.0. The standard InChI is InChI=1S/C11H16N2O3/c1-8(14)13-10-5-3-4-9(12)11(10)16-7-6-15-2/h3-5H,6-7,12H2,1-2H3,(H,13,14). The van der Waals surface area contributed by atoms with Gasteiger partial charge < -0.3 is 20.5 Å². The molecule has 0 aliphatic heterocycles. The Morgan fingerprint density at radius 3 is 2.81 bits per heavy atom. The van der Waals surface area contributed by atoms with E-state index in [-0.39, 0.29) is 5.91 Å².